The Bertz CT molecular complexity index is 651. The summed E-state index contributed by atoms with van der Waals surface area (Å²) < 4.78 is 76.9. The summed E-state index contributed by atoms with van der Waals surface area (Å²) in [6, 6.07) is 0.463. The smallest absolute Gasteiger partial charge is 0.207 e. The number of hydrogen-bond donors (Lipinski definition) is 0. The number of halogens is 6. The summed E-state index contributed by atoms with van der Waals surface area (Å²) in [5.74, 6) is -1.40. The van der Waals surface area contributed by atoms with Crippen molar-refractivity contribution >= 4 is 21.1 Å². The largest absolute Gasteiger partial charge is 0.312 e. The minimum absolute atomic E-state index is 0.127. The van der Waals surface area contributed by atoms with Crippen LogP contribution in [-0.4, -0.2) is 10.2 Å². The lowest BCUT2D eigenvalue weighted by Gasteiger charge is -2.40. The highest BCUT2D eigenvalue weighted by atomic mass is 32.5. The topological polar surface area (TPSA) is 25.8 Å². The van der Waals surface area contributed by atoms with E-state index < -0.39 is 26.5 Å². The molecule has 0 radical (unpaired) electrons. The summed E-state index contributed by atoms with van der Waals surface area (Å²) in [4.78, 5) is -2.35. The number of nitrogens with zero attached hydrogens (tertiary/aromatic N) is 2. The lowest BCUT2D eigenvalue weighted by atomic mass is 10.1. The minimum atomic E-state index is -10.0. The maximum atomic E-state index is 13.1. The second-order valence-electron chi connectivity index (χ2n) is 3.80. The maximum Gasteiger partial charge on any atom is 0.312 e. The third-order valence-corrected chi connectivity index (χ3v) is 3.43. The lowest BCUT2D eigenvalue weighted by Crippen LogP contribution is -2.09. The van der Waals surface area contributed by atoms with Crippen LogP contribution in [0, 0.1) is 12.7 Å². The van der Waals surface area contributed by atoms with Crippen molar-refractivity contribution in [2.24, 2.45) is 0 Å². The number of hydrogen-bond acceptors (Lipinski definition) is 2. The second-order valence-corrected chi connectivity index (χ2v) is 6.17. The lowest BCUT2D eigenvalue weighted by molar-refractivity contribution is 0.364. The minimum Gasteiger partial charge on any atom is -0.207 e. The van der Waals surface area contributed by atoms with Crippen LogP contribution in [0.2, 0.25) is 0 Å². The van der Waals surface area contributed by atoms with Gasteiger partial charge >= 0.3 is 10.2 Å². The van der Waals surface area contributed by atoms with Gasteiger partial charge in [0.05, 0.1) is 6.20 Å². The van der Waals surface area contributed by atoms with Crippen molar-refractivity contribution in [2.45, 2.75) is 11.8 Å². The van der Waals surface area contributed by atoms with Gasteiger partial charge in [-0.05, 0) is 24.6 Å². The molecule has 0 aliphatic heterocycles. The number of aromatic nitrogens is 2. The highest BCUT2D eigenvalue weighted by Crippen LogP contribution is 3.02. The summed E-state index contributed by atoms with van der Waals surface area (Å²) in [5, 5.41) is 5.90. The van der Waals surface area contributed by atoms with Gasteiger partial charge in [0.15, 0.2) is 0 Å². The first-order valence-corrected chi connectivity index (χ1v) is 6.49. The summed E-state index contributed by atoms with van der Waals surface area (Å²) >= 11 is 0. The van der Waals surface area contributed by atoms with Gasteiger partial charge in [0, 0.05) is 5.39 Å². The molecule has 0 amide bonds. The zero-order valence-electron chi connectivity index (χ0n) is 8.80. The Hall–Kier alpha value is -1.51. The molecule has 0 aliphatic carbocycles. The maximum absolute atomic E-state index is 13.1. The van der Waals surface area contributed by atoms with Gasteiger partial charge < -0.3 is 0 Å². The fourth-order valence-corrected chi connectivity index (χ4v) is 2.37. The van der Waals surface area contributed by atoms with E-state index in [1.807, 2.05) is 0 Å². The summed E-state index contributed by atoms with van der Waals surface area (Å²) in [6.07, 6.45) is 1.07. The van der Waals surface area contributed by atoms with Gasteiger partial charge in [-0.1, -0.05) is 19.4 Å². The van der Waals surface area contributed by atoms with Crippen molar-refractivity contribution in [2.75, 3.05) is 0 Å². The van der Waals surface area contributed by atoms with Gasteiger partial charge in [0.2, 0.25) is 0 Å². The third kappa shape index (κ3) is 2.22. The van der Waals surface area contributed by atoms with Crippen molar-refractivity contribution in [1.82, 2.24) is 10.2 Å². The van der Waals surface area contributed by atoms with Gasteiger partial charge in [0.25, 0.3) is 0 Å². The number of rotatable bonds is 1. The monoisotopic (exact) mass is 288 g/mol. The molecule has 0 unspecified atom stereocenters. The van der Waals surface area contributed by atoms with Crippen molar-refractivity contribution in [3.63, 3.8) is 0 Å². The molecule has 0 bridgehead atoms. The first-order chi connectivity index (χ1) is 7.88. The van der Waals surface area contributed by atoms with E-state index in [0.717, 1.165) is 6.20 Å². The molecule has 1 aromatic heterocycles. The highest BCUT2D eigenvalue weighted by molar-refractivity contribution is 8.46. The summed E-state index contributed by atoms with van der Waals surface area (Å²) in [7, 11) is -10.0. The Balaban J connectivity index is 3.03. The van der Waals surface area contributed by atoms with Crippen LogP contribution in [0.5, 0.6) is 0 Å². The molecular weight excluding hydrogens is 282 g/mol. The normalized spacial score (nSPS) is 16.4. The van der Waals surface area contributed by atoms with E-state index >= 15 is 0 Å². The van der Waals surface area contributed by atoms with Crippen molar-refractivity contribution in [1.29, 1.82) is 0 Å². The van der Waals surface area contributed by atoms with E-state index in [1.165, 1.54) is 6.92 Å². The first kappa shape index (κ1) is 12.9. The molecule has 0 fully saturated rings. The molecule has 2 aromatic rings. The van der Waals surface area contributed by atoms with Crippen LogP contribution in [0.25, 0.3) is 10.9 Å². The van der Waals surface area contributed by atoms with Crippen LogP contribution in [0.4, 0.5) is 23.8 Å². The van der Waals surface area contributed by atoms with E-state index in [9.17, 15) is 23.8 Å². The fraction of sp³-hybridized carbons (Fsp3) is 0.111. The molecule has 0 N–H and O–H groups in total. The third-order valence-electron chi connectivity index (χ3n) is 2.29. The highest BCUT2D eigenvalue weighted by Gasteiger charge is 2.67. The zero-order valence-corrected chi connectivity index (χ0v) is 9.62. The predicted octanol–water partition coefficient (Wildman–Crippen LogP) is 4.73. The van der Waals surface area contributed by atoms with E-state index in [1.54, 1.807) is 0 Å². The molecule has 9 heteroatoms. The molecule has 100 valence electrons. The summed E-state index contributed by atoms with van der Waals surface area (Å²) in [5.41, 5.74) is -0.918. The molecule has 18 heavy (non-hydrogen) atoms. The van der Waals surface area contributed by atoms with E-state index in [2.05, 4.69) is 10.2 Å². The average molecular weight is 288 g/mol. The van der Waals surface area contributed by atoms with Crippen molar-refractivity contribution in [3.8, 4) is 0 Å². The van der Waals surface area contributed by atoms with Crippen LogP contribution in [-0.2, 0) is 0 Å². The van der Waals surface area contributed by atoms with Gasteiger partial charge in [-0.25, -0.2) is 4.39 Å². The number of aryl methyl sites for hydroxylation is 1. The van der Waals surface area contributed by atoms with Crippen molar-refractivity contribution < 1.29 is 23.8 Å². The second kappa shape index (κ2) is 2.90. The van der Waals surface area contributed by atoms with Gasteiger partial charge in [0.1, 0.15) is 16.2 Å². The molecule has 2 rings (SSSR count). The van der Waals surface area contributed by atoms with Crippen LogP contribution >= 0.6 is 10.2 Å². The van der Waals surface area contributed by atoms with E-state index in [-0.39, 0.29) is 17.0 Å². The van der Waals surface area contributed by atoms with E-state index in [4.69, 9.17) is 0 Å². The molecule has 2 nitrogen and oxygen atoms in total. The molecular formula is C9H6F6N2S. The summed E-state index contributed by atoms with van der Waals surface area (Å²) in [6.45, 7) is 1.33. The van der Waals surface area contributed by atoms with Gasteiger partial charge in [-0.3, -0.25) is 0 Å². The quantitative estimate of drug-likeness (QED) is 0.709. The number of benzene rings is 1. The van der Waals surface area contributed by atoms with Crippen LogP contribution in [0.15, 0.2) is 23.2 Å². The molecule has 0 saturated heterocycles. The van der Waals surface area contributed by atoms with Crippen LogP contribution in [0.1, 0.15) is 5.56 Å². The zero-order chi connectivity index (χ0) is 13.8. The average Bonchev–Trinajstić information content (AvgIpc) is 2.15. The molecule has 1 aromatic carbocycles. The van der Waals surface area contributed by atoms with Gasteiger partial charge in [-0.15, -0.1) is 5.10 Å². The fourth-order valence-electron chi connectivity index (χ4n) is 1.51. The molecule has 0 aliphatic rings. The van der Waals surface area contributed by atoms with Crippen molar-refractivity contribution in [3.05, 3.63) is 29.7 Å². The Morgan fingerprint density at radius 2 is 1.67 bits per heavy atom. The molecule has 0 atom stereocenters. The van der Waals surface area contributed by atoms with E-state index in [0.29, 0.717) is 6.07 Å². The Morgan fingerprint density at radius 3 is 2.22 bits per heavy atom. The SMILES string of the molecule is Cc1cnnc2c(S(F)(F)(F)(F)F)cc(F)cc12. The molecule has 0 spiro atoms. The van der Waals surface area contributed by atoms with Crippen LogP contribution < -0.4 is 0 Å². The van der Waals surface area contributed by atoms with Crippen LogP contribution in [0.3, 0.4) is 0 Å². The molecule has 0 saturated carbocycles. The Kier molecular flexibility index (Phi) is 2.08. The first-order valence-electron chi connectivity index (χ1n) is 4.54. The Labute approximate surface area is 97.4 Å². The predicted molar refractivity (Wildman–Crippen MR) is 55.6 cm³/mol. The number of fused-ring (bicyclic) bond motifs is 1. The Morgan fingerprint density at radius 1 is 1.06 bits per heavy atom. The standard InChI is InChI=1S/C9H6F6N2S/c1-5-4-16-17-9-7(5)2-6(10)3-8(9)18(11,12,13,14)15/h2-4H,1H3. The molecule has 1 heterocycles. The van der Waals surface area contributed by atoms with Gasteiger partial charge in [-0.2, -0.15) is 5.10 Å².